The van der Waals surface area contributed by atoms with Gasteiger partial charge in [-0.2, -0.15) is 0 Å². The normalized spacial score (nSPS) is 15.1. The van der Waals surface area contributed by atoms with E-state index in [1.807, 2.05) is 0 Å². The van der Waals surface area contributed by atoms with Gasteiger partial charge in [0.2, 0.25) is 5.91 Å². The summed E-state index contributed by atoms with van der Waals surface area (Å²) >= 11 is 0. The largest absolute Gasteiger partial charge is 0.464 e. The fourth-order valence-corrected chi connectivity index (χ4v) is 3.73. The number of nitrogens with one attached hydrogen (secondary N) is 2. The van der Waals surface area contributed by atoms with Gasteiger partial charge in [-0.05, 0) is 40.5 Å². The molecule has 1 fully saturated rings. The van der Waals surface area contributed by atoms with Crippen LogP contribution in [-0.4, -0.2) is 72.5 Å². The Balaban J connectivity index is 1.81. The molecule has 1 atom stereocenters. The van der Waals surface area contributed by atoms with E-state index in [4.69, 9.17) is 19.6 Å². The fraction of sp³-hybridized carbons (Fsp3) is 0.577. The number of hydrogen-bond acceptors (Lipinski definition) is 8. The molecule has 1 aliphatic rings. The van der Waals surface area contributed by atoms with Gasteiger partial charge in [0.05, 0.1) is 12.7 Å². The van der Waals surface area contributed by atoms with Crippen molar-refractivity contribution in [1.29, 1.82) is 5.41 Å². The van der Waals surface area contributed by atoms with Crippen molar-refractivity contribution in [2.75, 3.05) is 26.3 Å². The summed E-state index contributed by atoms with van der Waals surface area (Å²) in [5, 5.41) is 10.4. The smallest absolute Gasteiger partial charge is 0.413 e. The third-order valence-electron chi connectivity index (χ3n) is 5.53. The van der Waals surface area contributed by atoms with Gasteiger partial charge in [-0.3, -0.25) is 20.3 Å². The summed E-state index contributed by atoms with van der Waals surface area (Å²) in [6.45, 7) is 9.89. The number of amidine groups is 1. The van der Waals surface area contributed by atoms with Crippen LogP contribution < -0.4 is 5.32 Å². The van der Waals surface area contributed by atoms with Gasteiger partial charge in [0.1, 0.15) is 18.0 Å². The number of alkyl carbamates (subject to hydrolysis) is 1. The second-order valence-corrected chi connectivity index (χ2v) is 9.75. The molecule has 0 bridgehead atoms. The van der Waals surface area contributed by atoms with Crippen LogP contribution in [0.25, 0.3) is 0 Å². The van der Waals surface area contributed by atoms with Crippen LogP contribution in [0.2, 0.25) is 0 Å². The Morgan fingerprint density at radius 1 is 1.08 bits per heavy atom. The second kappa shape index (κ2) is 13.2. The summed E-state index contributed by atoms with van der Waals surface area (Å²) in [5.41, 5.74) is 0.173. The molecule has 10 nitrogen and oxygen atoms in total. The van der Waals surface area contributed by atoms with Crippen LogP contribution in [0.15, 0.2) is 24.3 Å². The SMILES string of the molecule is CCOC(=O)COC1CCN(C(=O)[C@H](C)CC(=O)c2ccc(C(=N)NC(=O)OC(C)(C)C)cc2)CC1. The fourth-order valence-electron chi connectivity index (χ4n) is 3.73. The molecule has 1 aliphatic heterocycles. The number of carbonyl (C=O) groups is 4. The summed E-state index contributed by atoms with van der Waals surface area (Å²) in [4.78, 5) is 50.6. The number of esters is 1. The van der Waals surface area contributed by atoms with E-state index >= 15 is 0 Å². The van der Waals surface area contributed by atoms with Gasteiger partial charge in [-0.1, -0.05) is 31.2 Å². The maximum absolute atomic E-state index is 12.8. The number of rotatable bonds is 9. The highest BCUT2D eigenvalue weighted by Gasteiger charge is 2.28. The number of hydrogen-bond donors (Lipinski definition) is 2. The predicted molar refractivity (Wildman–Crippen MR) is 133 cm³/mol. The zero-order chi connectivity index (χ0) is 26.9. The van der Waals surface area contributed by atoms with E-state index in [1.165, 1.54) is 0 Å². The topological polar surface area (TPSA) is 135 Å². The lowest BCUT2D eigenvalue weighted by molar-refractivity contribution is -0.152. The van der Waals surface area contributed by atoms with Gasteiger partial charge in [-0.15, -0.1) is 0 Å². The third kappa shape index (κ3) is 9.41. The van der Waals surface area contributed by atoms with E-state index in [-0.39, 0.29) is 36.7 Å². The monoisotopic (exact) mass is 503 g/mol. The van der Waals surface area contributed by atoms with E-state index in [0.29, 0.717) is 43.7 Å². The van der Waals surface area contributed by atoms with Gasteiger partial charge in [-0.25, -0.2) is 9.59 Å². The number of amides is 2. The molecular formula is C26H37N3O7. The summed E-state index contributed by atoms with van der Waals surface area (Å²) in [6, 6.07) is 6.29. The molecule has 2 amide bonds. The molecule has 0 spiro atoms. The first-order valence-electron chi connectivity index (χ1n) is 12.2. The van der Waals surface area contributed by atoms with E-state index in [1.54, 1.807) is 63.8 Å². The number of ether oxygens (including phenoxy) is 3. The number of nitrogens with zero attached hydrogens (tertiary/aromatic N) is 1. The highest BCUT2D eigenvalue weighted by Crippen LogP contribution is 2.19. The van der Waals surface area contributed by atoms with Gasteiger partial charge in [0, 0.05) is 36.6 Å². The Morgan fingerprint density at radius 2 is 1.67 bits per heavy atom. The van der Waals surface area contributed by atoms with Crippen LogP contribution in [-0.2, 0) is 23.8 Å². The summed E-state index contributed by atoms with van der Waals surface area (Å²) in [7, 11) is 0. The molecule has 0 saturated carbocycles. The van der Waals surface area contributed by atoms with Crippen molar-refractivity contribution in [2.45, 2.75) is 65.6 Å². The van der Waals surface area contributed by atoms with Gasteiger partial charge >= 0.3 is 12.1 Å². The van der Waals surface area contributed by atoms with Gasteiger partial charge in [0.15, 0.2) is 5.78 Å². The van der Waals surface area contributed by atoms with Gasteiger partial charge < -0.3 is 19.1 Å². The maximum Gasteiger partial charge on any atom is 0.413 e. The number of likely N-dealkylation sites (tertiary alicyclic amines) is 1. The van der Waals surface area contributed by atoms with Crippen LogP contribution >= 0.6 is 0 Å². The first-order chi connectivity index (χ1) is 16.9. The molecule has 36 heavy (non-hydrogen) atoms. The zero-order valence-electron chi connectivity index (χ0n) is 21.7. The first kappa shape index (κ1) is 29.0. The maximum atomic E-state index is 12.8. The number of ketones is 1. The Hall–Kier alpha value is -3.27. The molecule has 10 heteroatoms. The molecule has 1 aromatic carbocycles. The number of carbonyl (C=O) groups excluding carboxylic acids is 4. The van der Waals surface area contributed by atoms with Crippen LogP contribution in [0, 0.1) is 11.3 Å². The summed E-state index contributed by atoms with van der Waals surface area (Å²) < 4.78 is 15.6. The molecule has 1 heterocycles. The lowest BCUT2D eigenvalue weighted by atomic mass is 9.96. The predicted octanol–water partition coefficient (Wildman–Crippen LogP) is 3.32. The molecule has 0 aliphatic carbocycles. The van der Waals surface area contributed by atoms with E-state index < -0.39 is 23.6 Å². The Morgan fingerprint density at radius 3 is 2.22 bits per heavy atom. The number of Topliss-reactive ketones (excluding diaryl/α,β-unsaturated/α-hetero) is 1. The van der Waals surface area contributed by atoms with Crippen molar-refractivity contribution in [3.63, 3.8) is 0 Å². The Kier molecular flexibility index (Phi) is 10.6. The van der Waals surface area contributed by atoms with Crippen LogP contribution in [0.1, 0.15) is 69.8 Å². The molecule has 2 rings (SSSR count). The molecule has 2 N–H and O–H groups in total. The standard InChI is InChI=1S/C26H37N3O7/c1-6-34-22(31)16-35-20-11-13-29(14-12-20)24(32)17(2)15-21(30)18-7-9-19(10-8-18)23(27)28-25(33)36-26(3,4)5/h7-10,17,20H,6,11-16H2,1-5H3,(H2,27,28,33)/t17-/m1/s1. The highest BCUT2D eigenvalue weighted by molar-refractivity contribution is 6.05. The zero-order valence-corrected chi connectivity index (χ0v) is 21.7. The van der Waals surface area contributed by atoms with Crippen molar-refractivity contribution in [3.8, 4) is 0 Å². The van der Waals surface area contributed by atoms with E-state index in [0.717, 1.165) is 0 Å². The minimum absolute atomic E-state index is 0.0606. The van der Waals surface area contributed by atoms with Crippen molar-refractivity contribution >= 4 is 29.6 Å². The highest BCUT2D eigenvalue weighted by atomic mass is 16.6. The van der Waals surface area contributed by atoms with Crippen molar-refractivity contribution in [2.24, 2.45) is 5.92 Å². The van der Waals surface area contributed by atoms with Gasteiger partial charge in [0.25, 0.3) is 0 Å². The van der Waals surface area contributed by atoms with Crippen LogP contribution in [0.3, 0.4) is 0 Å². The minimum atomic E-state index is -0.727. The average Bonchev–Trinajstić information content (AvgIpc) is 2.81. The van der Waals surface area contributed by atoms with Crippen LogP contribution in [0.5, 0.6) is 0 Å². The molecular weight excluding hydrogens is 466 g/mol. The van der Waals surface area contributed by atoms with Crippen LogP contribution in [0.4, 0.5) is 4.79 Å². The molecule has 1 saturated heterocycles. The lowest BCUT2D eigenvalue weighted by Gasteiger charge is -2.33. The summed E-state index contributed by atoms with van der Waals surface area (Å²) in [5.74, 6) is -1.29. The quantitative estimate of drug-likeness (QED) is 0.228. The number of benzene rings is 1. The average molecular weight is 504 g/mol. The minimum Gasteiger partial charge on any atom is -0.464 e. The molecule has 0 aromatic heterocycles. The second-order valence-electron chi connectivity index (χ2n) is 9.75. The van der Waals surface area contributed by atoms with Crippen molar-refractivity contribution in [3.05, 3.63) is 35.4 Å². The molecule has 1 aromatic rings. The third-order valence-corrected chi connectivity index (χ3v) is 5.53. The first-order valence-corrected chi connectivity index (χ1v) is 12.2. The van der Waals surface area contributed by atoms with Crippen molar-refractivity contribution in [1.82, 2.24) is 10.2 Å². The van der Waals surface area contributed by atoms with Crippen molar-refractivity contribution < 1.29 is 33.4 Å². The molecule has 198 valence electrons. The summed E-state index contributed by atoms with van der Waals surface area (Å²) in [6.07, 6.45) is 0.477. The Bertz CT molecular complexity index is 945. The van der Waals surface area contributed by atoms with E-state index in [9.17, 15) is 19.2 Å². The Labute approximate surface area is 212 Å². The molecule has 0 unspecified atom stereocenters. The lowest BCUT2D eigenvalue weighted by Crippen LogP contribution is -2.43. The molecule has 0 radical (unpaired) electrons. The van der Waals surface area contributed by atoms with E-state index in [2.05, 4.69) is 5.32 Å². The number of piperidine rings is 1.